The maximum Gasteiger partial charge on any atom is 0.254 e. The molecule has 1 saturated heterocycles. The summed E-state index contributed by atoms with van der Waals surface area (Å²) in [5.74, 6) is 5.36. The van der Waals surface area contributed by atoms with Gasteiger partial charge < -0.3 is 19.8 Å². The van der Waals surface area contributed by atoms with Crippen LogP contribution < -0.4 is 0 Å². The molecule has 5 heteroatoms. The van der Waals surface area contributed by atoms with Crippen molar-refractivity contribution in [3.63, 3.8) is 0 Å². The van der Waals surface area contributed by atoms with Gasteiger partial charge in [0.1, 0.15) is 6.61 Å². The van der Waals surface area contributed by atoms with Crippen molar-refractivity contribution in [2.75, 3.05) is 32.9 Å². The minimum absolute atomic E-state index is 0.0816. The number of ether oxygens (including phenoxy) is 1. The number of morpholine rings is 1. The first-order valence-electron chi connectivity index (χ1n) is 6.88. The molecule has 0 aliphatic carbocycles. The fraction of sp³-hybridized carbons (Fsp3) is 0.438. The van der Waals surface area contributed by atoms with Crippen molar-refractivity contribution in [3.05, 3.63) is 34.9 Å². The fourth-order valence-electron chi connectivity index (χ4n) is 2.32. The molecule has 0 spiro atoms. The van der Waals surface area contributed by atoms with Gasteiger partial charge in [0.25, 0.3) is 5.91 Å². The number of aliphatic hydroxyl groups is 2. The third-order valence-electron chi connectivity index (χ3n) is 3.50. The van der Waals surface area contributed by atoms with Crippen LogP contribution in [0.1, 0.15) is 21.5 Å². The summed E-state index contributed by atoms with van der Waals surface area (Å²) in [6, 6.07) is 5.38. The van der Waals surface area contributed by atoms with E-state index in [-0.39, 0.29) is 25.2 Å². The summed E-state index contributed by atoms with van der Waals surface area (Å²) in [7, 11) is 0. The lowest BCUT2D eigenvalue weighted by molar-refractivity contribution is -0.0447. The van der Waals surface area contributed by atoms with E-state index in [9.17, 15) is 4.79 Å². The van der Waals surface area contributed by atoms with E-state index in [1.165, 1.54) is 0 Å². The molecule has 1 aliphatic rings. The average Bonchev–Trinajstić information content (AvgIpc) is 2.53. The molecule has 0 aromatic heterocycles. The van der Waals surface area contributed by atoms with Crippen LogP contribution >= 0.6 is 0 Å². The number of hydrogen-bond donors (Lipinski definition) is 2. The molecule has 112 valence electrons. The minimum atomic E-state index is -0.319. The Hall–Kier alpha value is -1.87. The summed E-state index contributed by atoms with van der Waals surface area (Å²) >= 11 is 0. The van der Waals surface area contributed by atoms with Gasteiger partial charge in [-0.25, -0.2) is 0 Å². The summed E-state index contributed by atoms with van der Waals surface area (Å²) in [6.45, 7) is 2.88. The van der Waals surface area contributed by atoms with Crippen molar-refractivity contribution < 1.29 is 19.7 Å². The molecule has 1 aromatic rings. The Kier molecular flexibility index (Phi) is 5.34. The first-order valence-corrected chi connectivity index (χ1v) is 6.88. The third kappa shape index (κ3) is 3.61. The SMILES string of the molecule is Cc1c(C#CCO)cccc1C(=O)N1CCOC(CO)C1. The highest BCUT2D eigenvalue weighted by Gasteiger charge is 2.25. The number of aliphatic hydroxyl groups excluding tert-OH is 2. The highest BCUT2D eigenvalue weighted by molar-refractivity contribution is 5.96. The maximum absolute atomic E-state index is 12.6. The van der Waals surface area contributed by atoms with Crippen LogP contribution in [0.4, 0.5) is 0 Å². The van der Waals surface area contributed by atoms with E-state index in [4.69, 9.17) is 14.9 Å². The molecular formula is C16H19NO4. The Labute approximate surface area is 124 Å². The molecule has 5 nitrogen and oxygen atoms in total. The Morgan fingerprint density at radius 2 is 2.29 bits per heavy atom. The minimum Gasteiger partial charge on any atom is -0.394 e. The topological polar surface area (TPSA) is 70.0 Å². The molecule has 1 unspecified atom stereocenters. The molecule has 1 amide bonds. The molecule has 0 radical (unpaired) electrons. The number of carbonyl (C=O) groups is 1. The van der Waals surface area contributed by atoms with Crippen LogP contribution in [-0.2, 0) is 4.74 Å². The summed E-state index contributed by atoms with van der Waals surface area (Å²) in [4.78, 5) is 14.3. The van der Waals surface area contributed by atoms with Gasteiger partial charge in [0, 0.05) is 24.2 Å². The molecule has 2 N–H and O–H groups in total. The largest absolute Gasteiger partial charge is 0.394 e. The predicted octanol–water partition coefficient (Wildman–Crippen LogP) is 0.172. The first-order chi connectivity index (χ1) is 10.2. The number of hydrogen-bond acceptors (Lipinski definition) is 4. The Bertz CT molecular complexity index is 573. The number of benzene rings is 1. The molecule has 1 aliphatic heterocycles. The van der Waals surface area contributed by atoms with E-state index in [0.29, 0.717) is 25.3 Å². The van der Waals surface area contributed by atoms with Crippen LogP contribution in [0.3, 0.4) is 0 Å². The monoisotopic (exact) mass is 289 g/mol. The number of rotatable bonds is 2. The Morgan fingerprint density at radius 3 is 3.00 bits per heavy atom. The van der Waals surface area contributed by atoms with Gasteiger partial charge in [0.15, 0.2) is 0 Å². The average molecular weight is 289 g/mol. The number of nitrogens with zero attached hydrogens (tertiary/aromatic N) is 1. The Morgan fingerprint density at radius 1 is 1.48 bits per heavy atom. The van der Waals surface area contributed by atoms with Crippen molar-refractivity contribution in [2.24, 2.45) is 0 Å². The van der Waals surface area contributed by atoms with Crippen LogP contribution in [0, 0.1) is 18.8 Å². The molecule has 1 atom stereocenters. The highest BCUT2D eigenvalue weighted by atomic mass is 16.5. The quantitative estimate of drug-likeness (QED) is 0.762. The van der Waals surface area contributed by atoms with Crippen LogP contribution in [0.5, 0.6) is 0 Å². The molecule has 1 aromatic carbocycles. The highest BCUT2D eigenvalue weighted by Crippen LogP contribution is 2.17. The molecule has 1 heterocycles. The van der Waals surface area contributed by atoms with E-state index in [1.54, 1.807) is 17.0 Å². The van der Waals surface area contributed by atoms with Gasteiger partial charge in [-0.15, -0.1) is 0 Å². The lowest BCUT2D eigenvalue weighted by Crippen LogP contribution is -2.47. The zero-order valence-electron chi connectivity index (χ0n) is 12.0. The van der Waals surface area contributed by atoms with Crippen molar-refractivity contribution in [2.45, 2.75) is 13.0 Å². The van der Waals surface area contributed by atoms with Gasteiger partial charge in [-0.05, 0) is 24.6 Å². The molecule has 0 bridgehead atoms. The normalized spacial score (nSPS) is 18.0. The predicted molar refractivity (Wildman–Crippen MR) is 77.9 cm³/mol. The standard InChI is InChI=1S/C16H19NO4/c1-12-13(5-3-8-18)4-2-6-15(12)16(20)17-7-9-21-14(10-17)11-19/h2,4,6,14,18-19H,7-11H2,1H3. The lowest BCUT2D eigenvalue weighted by atomic mass is 10.0. The van der Waals surface area contributed by atoms with Gasteiger partial charge in [0.2, 0.25) is 0 Å². The van der Waals surface area contributed by atoms with Crippen molar-refractivity contribution in [1.29, 1.82) is 0 Å². The van der Waals surface area contributed by atoms with Gasteiger partial charge in [0.05, 0.1) is 19.3 Å². The maximum atomic E-state index is 12.6. The van der Waals surface area contributed by atoms with E-state index in [1.807, 2.05) is 13.0 Å². The Balaban J connectivity index is 2.23. The second-order valence-corrected chi connectivity index (χ2v) is 4.86. The van der Waals surface area contributed by atoms with E-state index >= 15 is 0 Å². The van der Waals surface area contributed by atoms with Crippen molar-refractivity contribution in [1.82, 2.24) is 4.90 Å². The van der Waals surface area contributed by atoms with Crippen LogP contribution in [0.15, 0.2) is 18.2 Å². The second kappa shape index (κ2) is 7.23. The molecule has 2 rings (SSSR count). The molecule has 0 saturated carbocycles. The van der Waals surface area contributed by atoms with Crippen molar-refractivity contribution in [3.8, 4) is 11.8 Å². The van der Waals surface area contributed by atoms with Crippen molar-refractivity contribution >= 4 is 5.91 Å². The number of amides is 1. The van der Waals surface area contributed by atoms with Crippen LogP contribution in [-0.4, -0.2) is 60.0 Å². The molecule has 1 fully saturated rings. The van der Waals surface area contributed by atoms with E-state index in [2.05, 4.69) is 11.8 Å². The van der Waals surface area contributed by atoms with E-state index < -0.39 is 0 Å². The smallest absolute Gasteiger partial charge is 0.254 e. The third-order valence-corrected chi connectivity index (χ3v) is 3.50. The summed E-state index contributed by atoms with van der Waals surface area (Å²) in [6.07, 6.45) is -0.319. The van der Waals surface area contributed by atoms with Crippen LogP contribution in [0.25, 0.3) is 0 Å². The van der Waals surface area contributed by atoms with Gasteiger partial charge in [-0.2, -0.15) is 0 Å². The summed E-state index contributed by atoms with van der Waals surface area (Å²) in [5.41, 5.74) is 2.13. The summed E-state index contributed by atoms with van der Waals surface area (Å²) < 4.78 is 5.36. The van der Waals surface area contributed by atoms with Crippen LogP contribution in [0.2, 0.25) is 0 Å². The molecular weight excluding hydrogens is 270 g/mol. The second-order valence-electron chi connectivity index (χ2n) is 4.86. The fourth-order valence-corrected chi connectivity index (χ4v) is 2.32. The number of carbonyl (C=O) groups excluding carboxylic acids is 1. The van der Waals surface area contributed by atoms with Gasteiger partial charge in [-0.1, -0.05) is 17.9 Å². The van der Waals surface area contributed by atoms with E-state index in [0.717, 1.165) is 11.1 Å². The zero-order chi connectivity index (χ0) is 15.2. The van der Waals surface area contributed by atoms with Gasteiger partial charge >= 0.3 is 0 Å². The zero-order valence-corrected chi connectivity index (χ0v) is 12.0. The summed E-state index contributed by atoms with van der Waals surface area (Å²) in [5, 5.41) is 17.9. The van der Waals surface area contributed by atoms with Gasteiger partial charge in [-0.3, -0.25) is 4.79 Å². The first kappa shape index (κ1) is 15.5. The lowest BCUT2D eigenvalue weighted by Gasteiger charge is -2.32. The molecule has 21 heavy (non-hydrogen) atoms.